The average molecular weight is 254 g/mol. The van der Waals surface area contributed by atoms with Gasteiger partial charge in [-0.2, -0.15) is 0 Å². The van der Waals surface area contributed by atoms with E-state index in [0.717, 1.165) is 18.5 Å². The molecule has 0 saturated heterocycles. The van der Waals surface area contributed by atoms with E-state index in [9.17, 15) is 10.1 Å². The third-order valence-electron chi connectivity index (χ3n) is 1.64. The van der Waals surface area contributed by atoms with E-state index in [1.807, 2.05) is 6.92 Å². The van der Waals surface area contributed by atoms with Crippen LogP contribution in [-0.2, 0) is 13.5 Å². The Morgan fingerprint density at radius 1 is 1.69 bits per heavy atom. The Hall–Kier alpha value is 0.415. The summed E-state index contributed by atoms with van der Waals surface area (Å²) < 4.78 is 1.46. The molecule has 0 saturated carbocycles. The van der Waals surface area contributed by atoms with Gasteiger partial charge >= 0.3 is 58.2 Å². The van der Waals surface area contributed by atoms with Crippen molar-refractivity contribution >= 4 is 5.95 Å². The second-order valence-electron chi connectivity index (χ2n) is 2.54. The summed E-state index contributed by atoms with van der Waals surface area (Å²) in [5.74, 6) is -0.140. The second kappa shape index (κ2) is 6.00. The van der Waals surface area contributed by atoms with E-state index in [1.54, 1.807) is 7.05 Å². The zero-order chi connectivity index (χ0) is 9.14. The topological polar surface area (TPSA) is 61.0 Å². The SMILES string of the molecule is CCCc1[c-]nc([N+](=O)[O-])n1C.[Rb+]. The second-order valence-corrected chi connectivity index (χ2v) is 2.54. The molecule has 0 aliphatic rings. The first-order valence-corrected chi connectivity index (χ1v) is 3.74. The van der Waals surface area contributed by atoms with E-state index in [4.69, 9.17) is 0 Å². The molecule has 0 aromatic carbocycles. The van der Waals surface area contributed by atoms with Crippen LogP contribution in [-0.4, -0.2) is 14.5 Å². The van der Waals surface area contributed by atoms with Crippen molar-refractivity contribution in [3.05, 3.63) is 22.0 Å². The molecule has 0 aliphatic carbocycles. The molecule has 0 atom stereocenters. The maximum atomic E-state index is 10.3. The van der Waals surface area contributed by atoms with Crippen LogP contribution in [0.15, 0.2) is 0 Å². The van der Waals surface area contributed by atoms with Crippen LogP contribution in [0.1, 0.15) is 19.0 Å². The summed E-state index contributed by atoms with van der Waals surface area (Å²) >= 11 is 0. The van der Waals surface area contributed by atoms with Crippen molar-refractivity contribution in [2.45, 2.75) is 19.8 Å². The van der Waals surface area contributed by atoms with Crippen molar-refractivity contribution in [3.63, 3.8) is 0 Å². The number of rotatable bonds is 3. The largest absolute Gasteiger partial charge is 1.00 e. The molecule has 0 amide bonds. The van der Waals surface area contributed by atoms with Crippen molar-refractivity contribution < 1.29 is 63.1 Å². The average Bonchev–Trinajstić information content (AvgIpc) is 2.34. The molecule has 66 valence electrons. The van der Waals surface area contributed by atoms with Crippen LogP contribution in [0.4, 0.5) is 5.95 Å². The molecule has 0 bridgehead atoms. The first kappa shape index (κ1) is 13.4. The molecule has 1 aromatic rings. The summed E-state index contributed by atoms with van der Waals surface area (Å²) in [5, 5.41) is 10.3. The van der Waals surface area contributed by atoms with Crippen molar-refractivity contribution in [3.8, 4) is 0 Å². The first-order valence-electron chi connectivity index (χ1n) is 3.74. The van der Waals surface area contributed by atoms with E-state index in [-0.39, 0.29) is 64.1 Å². The van der Waals surface area contributed by atoms with Crippen LogP contribution in [0.2, 0.25) is 0 Å². The standard InChI is InChI=1S/C7H10N3O2.Rb/c1-3-4-6-5-8-7(9(6)2)10(11)12;/h3-4H2,1-2H3;/q-1;+1. The van der Waals surface area contributed by atoms with Gasteiger partial charge in [0.1, 0.15) is 0 Å². The summed E-state index contributed by atoms with van der Waals surface area (Å²) in [6, 6.07) is 0. The molecular weight excluding hydrogens is 244 g/mol. The minimum absolute atomic E-state index is 0. The van der Waals surface area contributed by atoms with Crippen molar-refractivity contribution in [1.82, 2.24) is 9.55 Å². The summed E-state index contributed by atoms with van der Waals surface area (Å²) in [7, 11) is 1.63. The van der Waals surface area contributed by atoms with Gasteiger partial charge < -0.3 is 14.7 Å². The summed E-state index contributed by atoms with van der Waals surface area (Å²) in [6.45, 7) is 2.01. The summed E-state index contributed by atoms with van der Waals surface area (Å²) in [5.41, 5.74) is 0.782. The molecule has 0 radical (unpaired) electrons. The van der Waals surface area contributed by atoms with Crippen molar-refractivity contribution in [2.24, 2.45) is 7.05 Å². The van der Waals surface area contributed by atoms with E-state index in [1.165, 1.54) is 4.57 Å². The quantitative estimate of drug-likeness (QED) is 0.359. The molecule has 0 N–H and O–H groups in total. The molecule has 5 nitrogen and oxygen atoms in total. The van der Waals surface area contributed by atoms with E-state index in [2.05, 4.69) is 11.2 Å². The van der Waals surface area contributed by atoms with Crippen LogP contribution >= 0.6 is 0 Å². The van der Waals surface area contributed by atoms with Gasteiger partial charge in [0.2, 0.25) is 0 Å². The zero-order valence-electron chi connectivity index (χ0n) is 8.07. The third-order valence-corrected chi connectivity index (χ3v) is 1.64. The fourth-order valence-electron chi connectivity index (χ4n) is 1.01. The monoisotopic (exact) mass is 253 g/mol. The number of nitro groups is 1. The van der Waals surface area contributed by atoms with Gasteiger partial charge in [-0.15, -0.1) is 4.92 Å². The minimum Gasteiger partial charge on any atom is -0.408 e. The number of hydrogen-bond donors (Lipinski definition) is 0. The molecule has 0 spiro atoms. The molecular formula is C7H10N3O2Rb. The smallest absolute Gasteiger partial charge is 0.408 e. The fourth-order valence-corrected chi connectivity index (χ4v) is 1.01. The Morgan fingerprint density at radius 2 is 2.31 bits per heavy atom. The van der Waals surface area contributed by atoms with Gasteiger partial charge in [-0.25, -0.2) is 0 Å². The van der Waals surface area contributed by atoms with Gasteiger partial charge in [-0.1, -0.05) is 13.3 Å². The van der Waals surface area contributed by atoms with Crippen LogP contribution in [0.5, 0.6) is 0 Å². The minimum atomic E-state index is -0.504. The Balaban J connectivity index is 0.00000144. The number of imidazole rings is 1. The van der Waals surface area contributed by atoms with Crippen LogP contribution < -0.4 is 58.2 Å². The Morgan fingerprint density at radius 3 is 2.69 bits per heavy atom. The molecule has 0 aliphatic heterocycles. The zero-order valence-corrected chi connectivity index (χ0v) is 13.0. The summed E-state index contributed by atoms with van der Waals surface area (Å²) in [6.07, 6.45) is 4.34. The molecule has 13 heavy (non-hydrogen) atoms. The van der Waals surface area contributed by atoms with Gasteiger partial charge in [0.15, 0.2) is 0 Å². The van der Waals surface area contributed by atoms with Gasteiger partial charge in [-0.05, 0) is 12.6 Å². The number of aromatic nitrogens is 2. The van der Waals surface area contributed by atoms with Crippen LogP contribution in [0.25, 0.3) is 0 Å². The molecule has 1 heterocycles. The number of hydrogen-bond acceptors (Lipinski definition) is 3. The molecule has 0 fully saturated rings. The van der Waals surface area contributed by atoms with Crippen LogP contribution in [0, 0.1) is 16.3 Å². The van der Waals surface area contributed by atoms with E-state index >= 15 is 0 Å². The van der Waals surface area contributed by atoms with Crippen molar-refractivity contribution in [2.75, 3.05) is 0 Å². The van der Waals surface area contributed by atoms with E-state index < -0.39 is 4.92 Å². The number of aryl methyl sites for hydroxylation is 1. The fraction of sp³-hybridized carbons (Fsp3) is 0.571. The normalized spacial score (nSPS) is 9.38. The van der Waals surface area contributed by atoms with Gasteiger partial charge in [0.25, 0.3) is 5.95 Å². The van der Waals surface area contributed by atoms with E-state index in [0.29, 0.717) is 0 Å². The van der Waals surface area contributed by atoms with Crippen molar-refractivity contribution in [1.29, 1.82) is 0 Å². The Bertz CT molecular complexity index is 298. The predicted octanol–water partition coefficient (Wildman–Crippen LogP) is -1.92. The van der Waals surface area contributed by atoms with Gasteiger partial charge in [0, 0.05) is 12.7 Å². The molecule has 6 heteroatoms. The molecule has 0 unspecified atom stereocenters. The maximum absolute atomic E-state index is 10.3. The number of nitrogens with zero attached hydrogens (tertiary/aromatic N) is 3. The Labute approximate surface area is 125 Å². The van der Waals surface area contributed by atoms with Gasteiger partial charge in [0.05, 0.1) is 0 Å². The maximum Gasteiger partial charge on any atom is 1.00 e. The molecule has 1 rings (SSSR count). The Kier molecular flexibility index (Phi) is 6.20. The summed E-state index contributed by atoms with van der Waals surface area (Å²) in [4.78, 5) is 13.4. The van der Waals surface area contributed by atoms with Crippen LogP contribution in [0.3, 0.4) is 0 Å². The predicted molar refractivity (Wildman–Crippen MR) is 42.7 cm³/mol. The third kappa shape index (κ3) is 3.23. The first-order chi connectivity index (χ1) is 5.66. The van der Waals surface area contributed by atoms with Gasteiger partial charge in [-0.3, -0.25) is 4.98 Å². The molecule has 1 aromatic heterocycles.